The maximum Gasteiger partial charge on any atom is 0.258 e. The summed E-state index contributed by atoms with van der Waals surface area (Å²) in [6, 6.07) is 7.86. The van der Waals surface area contributed by atoms with E-state index in [0.29, 0.717) is 11.3 Å². The zero-order chi connectivity index (χ0) is 21.4. The van der Waals surface area contributed by atoms with Crippen LogP contribution in [0.1, 0.15) is 29.6 Å². The number of amides is 1. The van der Waals surface area contributed by atoms with Gasteiger partial charge in [-0.05, 0) is 31.4 Å². The van der Waals surface area contributed by atoms with Crippen molar-refractivity contribution in [1.82, 2.24) is 30.8 Å². The first-order valence-electron chi connectivity index (χ1n) is 10.2. The van der Waals surface area contributed by atoms with E-state index in [1.165, 1.54) is 17.5 Å². The van der Waals surface area contributed by atoms with Crippen LogP contribution in [0.3, 0.4) is 0 Å². The van der Waals surface area contributed by atoms with E-state index >= 15 is 0 Å². The van der Waals surface area contributed by atoms with Crippen molar-refractivity contribution >= 4 is 28.1 Å². The Balaban J connectivity index is 1.24. The lowest BCUT2D eigenvalue weighted by Gasteiger charge is -2.31. The number of benzene rings is 1. The van der Waals surface area contributed by atoms with E-state index in [9.17, 15) is 9.18 Å². The molecule has 11 heteroatoms. The Morgan fingerprint density at radius 1 is 1.29 bits per heavy atom. The second-order valence-corrected chi connectivity index (χ2v) is 8.94. The molecule has 1 aliphatic heterocycles. The molecule has 1 aliphatic carbocycles. The van der Waals surface area contributed by atoms with Gasteiger partial charge in [0.25, 0.3) is 5.91 Å². The summed E-state index contributed by atoms with van der Waals surface area (Å²) in [6.45, 7) is 0. The fourth-order valence-electron chi connectivity index (χ4n) is 4.18. The maximum atomic E-state index is 14.0. The molecule has 162 valence electrons. The highest BCUT2D eigenvalue weighted by atomic mass is 32.1. The molecule has 1 amide bonds. The summed E-state index contributed by atoms with van der Waals surface area (Å²) in [5.41, 5.74) is 7.76. The molecular formula is C20H23FN8OS. The van der Waals surface area contributed by atoms with Gasteiger partial charge in [-0.15, -0.1) is 10.2 Å². The zero-order valence-electron chi connectivity index (χ0n) is 16.9. The standard InChI is InChI=1S/C20H23FN8OS/c1-29-10-12(9-22-29)18(30)23-13-4-2-3-11(7-13)19-27-28-20(31-19)24-14-5-6-16-15(8-14)17(21)26-25-16/h2-4,7,9-10,14-17,25-26H,5-6,8H2,1H3,(H,23,30)(H,24,28). The number of fused-ring (bicyclic) bond motifs is 1. The Bertz CT molecular complexity index is 1080. The van der Waals surface area contributed by atoms with Crippen molar-refractivity contribution in [3.63, 3.8) is 0 Å². The van der Waals surface area contributed by atoms with Crippen LogP contribution in [0.2, 0.25) is 0 Å². The van der Waals surface area contributed by atoms with Gasteiger partial charge in [-0.25, -0.2) is 9.82 Å². The number of aromatic nitrogens is 4. The van der Waals surface area contributed by atoms with Gasteiger partial charge >= 0.3 is 0 Å². The average molecular weight is 443 g/mol. The van der Waals surface area contributed by atoms with Gasteiger partial charge in [0, 0.05) is 42.5 Å². The van der Waals surface area contributed by atoms with Crippen molar-refractivity contribution in [3.05, 3.63) is 42.2 Å². The molecule has 1 saturated carbocycles. The average Bonchev–Trinajstić information content (AvgIpc) is 3.49. The smallest absolute Gasteiger partial charge is 0.258 e. The number of anilines is 2. The van der Waals surface area contributed by atoms with Crippen LogP contribution in [-0.2, 0) is 7.05 Å². The van der Waals surface area contributed by atoms with Crippen LogP contribution in [0.25, 0.3) is 10.6 Å². The van der Waals surface area contributed by atoms with Crippen molar-refractivity contribution in [3.8, 4) is 10.6 Å². The minimum Gasteiger partial charge on any atom is -0.357 e. The van der Waals surface area contributed by atoms with Crippen LogP contribution in [0, 0.1) is 5.92 Å². The Morgan fingerprint density at radius 2 is 2.19 bits per heavy atom. The predicted molar refractivity (Wildman–Crippen MR) is 116 cm³/mol. The number of hydrogen-bond donors (Lipinski definition) is 4. The number of hydrogen-bond acceptors (Lipinski definition) is 8. The molecule has 3 heterocycles. The molecule has 9 nitrogen and oxygen atoms in total. The second-order valence-electron chi connectivity index (χ2n) is 7.97. The normalized spacial score (nSPS) is 25.2. The monoisotopic (exact) mass is 442 g/mol. The number of halogens is 1. The topological polar surface area (TPSA) is 109 Å². The van der Waals surface area contributed by atoms with Gasteiger partial charge in [0.2, 0.25) is 5.13 Å². The molecule has 0 spiro atoms. The molecule has 1 aromatic carbocycles. The van der Waals surface area contributed by atoms with Gasteiger partial charge in [0.1, 0.15) is 5.01 Å². The summed E-state index contributed by atoms with van der Waals surface area (Å²) in [6.07, 6.45) is 4.80. The Morgan fingerprint density at radius 3 is 3.03 bits per heavy atom. The highest BCUT2D eigenvalue weighted by molar-refractivity contribution is 7.18. The number of alkyl halides is 1. The molecule has 2 aromatic heterocycles. The van der Waals surface area contributed by atoms with Crippen molar-refractivity contribution in [1.29, 1.82) is 0 Å². The van der Waals surface area contributed by atoms with E-state index in [4.69, 9.17) is 0 Å². The van der Waals surface area contributed by atoms with Crippen LogP contribution in [0.15, 0.2) is 36.7 Å². The quantitative estimate of drug-likeness (QED) is 0.450. The van der Waals surface area contributed by atoms with Gasteiger partial charge in [-0.2, -0.15) is 5.10 Å². The van der Waals surface area contributed by atoms with Crippen LogP contribution in [0.4, 0.5) is 15.2 Å². The van der Waals surface area contributed by atoms with Crippen LogP contribution < -0.4 is 21.5 Å². The lowest BCUT2D eigenvalue weighted by molar-refractivity contribution is 0.102. The highest BCUT2D eigenvalue weighted by Gasteiger charge is 2.40. The minimum absolute atomic E-state index is 0.0289. The van der Waals surface area contributed by atoms with E-state index in [1.807, 2.05) is 24.3 Å². The first-order chi connectivity index (χ1) is 15.0. The number of nitrogens with one attached hydrogen (secondary N) is 4. The number of aryl methyl sites for hydroxylation is 1. The molecule has 2 aliphatic rings. The van der Waals surface area contributed by atoms with Crippen molar-refractivity contribution in [2.75, 3.05) is 10.6 Å². The van der Waals surface area contributed by atoms with E-state index in [0.717, 1.165) is 35.0 Å². The van der Waals surface area contributed by atoms with Gasteiger partial charge in [-0.3, -0.25) is 14.9 Å². The Kier molecular flexibility index (Phi) is 5.38. The first kappa shape index (κ1) is 20.0. The molecule has 0 bridgehead atoms. The molecule has 2 fully saturated rings. The number of hydrazine groups is 1. The van der Waals surface area contributed by atoms with E-state index in [2.05, 4.69) is 36.8 Å². The third-order valence-corrected chi connectivity index (χ3v) is 6.67. The molecular weight excluding hydrogens is 419 g/mol. The molecule has 5 rings (SSSR count). The molecule has 4 N–H and O–H groups in total. The summed E-state index contributed by atoms with van der Waals surface area (Å²) in [7, 11) is 1.77. The van der Waals surface area contributed by atoms with Gasteiger partial charge in [-0.1, -0.05) is 23.5 Å². The molecule has 0 radical (unpaired) electrons. The number of rotatable bonds is 5. The summed E-state index contributed by atoms with van der Waals surface area (Å²) >= 11 is 1.45. The Hall–Kier alpha value is -2.89. The number of carbonyl (C=O) groups excluding carboxylic acids is 1. The first-order valence-corrected chi connectivity index (χ1v) is 11.0. The lowest BCUT2D eigenvalue weighted by atomic mass is 9.82. The molecule has 31 heavy (non-hydrogen) atoms. The summed E-state index contributed by atoms with van der Waals surface area (Å²) < 4.78 is 15.6. The van der Waals surface area contributed by atoms with Gasteiger partial charge in [0.15, 0.2) is 6.30 Å². The molecule has 1 saturated heterocycles. The fourth-order valence-corrected chi connectivity index (χ4v) is 4.99. The third-order valence-electron chi connectivity index (χ3n) is 5.77. The molecule has 4 atom stereocenters. The SMILES string of the molecule is Cn1cc(C(=O)Nc2cccc(-c3nnc(NC4CCC5NNC(F)C5C4)s3)c2)cn1. The predicted octanol–water partition coefficient (Wildman–Crippen LogP) is 2.54. The van der Waals surface area contributed by atoms with Gasteiger partial charge in [0.05, 0.1) is 11.8 Å². The van der Waals surface area contributed by atoms with Crippen LogP contribution in [0.5, 0.6) is 0 Å². The molecule has 4 unspecified atom stereocenters. The van der Waals surface area contributed by atoms with E-state index in [-0.39, 0.29) is 23.9 Å². The van der Waals surface area contributed by atoms with Crippen LogP contribution >= 0.6 is 11.3 Å². The number of carbonyl (C=O) groups is 1. The summed E-state index contributed by atoms with van der Waals surface area (Å²) in [5, 5.41) is 20.4. The van der Waals surface area contributed by atoms with Crippen molar-refractivity contribution in [2.24, 2.45) is 13.0 Å². The third kappa shape index (κ3) is 4.29. The van der Waals surface area contributed by atoms with Crippen molar-refractivity contribution in [2.45, 2.75) is 37.6 Å². The minimum atomic E-state index is -1.01. The van der Waals surface area contributed by atoms with Gasteiger partial charge < -0.3 is 10.6 Å². The lowest BCUT2D eigenvalue weighted by Crippen LogP contribution is -2.39. The molecule has 3 aromatic rings. The zero-order valence-corrected chi connectivity index (χ0v) is 17.7. The number of nitrogens with zero attached hydrogens (tertiary/aromatic N) is 4. The Labute approximate surface area is 182 Å². The summed E-state index contributed by atoms with van der Waals surface area (Å²) in [4.78, 5) is 12.4. The van der Waals surface area contributed by atoms with Crippen molar-refractivity contribution < 1.29 is 9.18 Å². The summed E-state index contributed by atoms with van der Waals surface area (Å²) in [5.74, 6) is -0.249. The largest absolute Gasteiger partial charge is 0.357 e. The van der Waals surface area contributed by atoms with E-state index in [1.54, 1.807) is 17.9 Å². The van der Waals surface area contributed by atoms with Crippen LogP contribution in [-0.4, -0.2) is 44.3 Å². The second kappa shape index (κ2) is 8.33. The fraction of sp³-hybridized carbons (Fsp3) is 0.400. The maximum absolute atomic E-state index is 14.0. The van der Waals surface area contributed by atoms with E-state index < -0.39 is 6.30 Å². The highest BCUT2D eigenvalue weighted by Crippen LogP contribution is 2.34.